The fourth-order valence-corrected chi connectivity index (χ4v) is 4.65. The van der Waals surface area contributed by atoms with Crippen molar-refractivity contribution in [3.63, 3.8) is 0 Å². The van der Waals surface area contributed by atoms with Crippen LogP contribution >= 0.6 is 0 Å². The van der Waals surface area contributed by atoms with Gasteiger partial charge < -0.3 is 0 Å². The molecule has 0 aliphatic carbocycles. The Morgan fingerprint density at radius 1 is 0.783 bits per heavy atom. The van der Waals surface area contributed by atoms with Crippen LogP contribution in [0.25, 0.3) is 21.9 Å². The average Bonchev–Trinajstić information content (AvgIpc) is 2.53. The van der Waals surface area contributed by atoms with E-state index in [1.54, 1.807) is 0 Å². The minimum atomic E-state index is -1.46. The van der Waals surface area contributed by atoms with E-state index >= 15 is 0 Å². The summed E-state index contributed by atoms with van der Waals surface area (Å²) >= 11 is 0. The molecule has 0 amide bonds. The van der Waals surface area contributed by atoms with E-state index in [4.69, 9.17) is 0 Å². The van der Waals surface area contributed by atoms with Crippen LogP contribution in [0.3, 0.4) is 0 Å². The molecule has 0 unspecified atom stereocenters. The topological polar surface area (TPSA) is 0 Å². The summed E-state index contributed by atoms with van der Waals surface area (Å²) in [6.45, 7) is 12.0. The Kier molecular flexibility index (Phi) is 3.93. The molecule has 0 heterocycles. The fraction of sp³-hybridized carbons (Fsp3) is 0.273. The van der Waals surface area contributed by atoms with Crippen molar-refractivity contribution < 1.29 is 0 Å². The van der Waals surface area contributed by atoms with Gasteiger partial charge in [0, 0.05) is 0 Å². The van der Waals surface area contributed by atoms with Crippen molar-refractivity contribution in [3.8, 4) is 11.1 Å². The van der Waals surface area contributed by atoms with Crippen molar-refractivity contribution in [2.24, 2.45) is 0 Å². The molecule has 1 radical (unpaired) electrons. The van der Waals surface area contributed by atoms with Crippen LogP contribution < -0.4 is 5.19 Å². The molecular weight excluding hydrogens is 292 g/mol. The van der Waals surface area contributed by atoms with Crippen molar-refractivity contribution in [1.29, 1.82) is 0 Å². The number of rotatable bonds is 2. The Labute approximate surface area is 141 Å². The molecule has 0 saturated carbocycles. The first kappa shape index (κ1) is 16.0. The van der Waals surface area contributed by atoms with E-state index in [2.05, 4.69) is 101 Å². The summed E-state index contributed by atoms with van der Waals surface area (Å²) in [5.74, 6) is 0. The zero-order valence-electron chi connectivity index (χ0n) is 14.8. The van der Waals surface area contributed by atoms with Gasteiger partial charge in [-0.25, -0.2) is 0 Å². The highest BCUT2D eigenvalue weighted by Crippen LogP contribution is 2.35. The third kappa shape index (κ3) is 2.98. The predicted octanol–water partition coefficient (Wildman–Crippen LogP) is 6.02. The molecule has 3 rings (SSSR count). The summed E-state index contributed by atoms with van der Waals surface area (Å²) in [5.41, 5.74) is 2.42. The molecule has 0 atom stereocenters. The lowest BCUT2D eigenvalue weighted by Gasteiger charge is -2.37. The van der Waals surface area contributed by atoms with E-state index in [9.17, 15) is 0 Å². The molecule has 3 aromatic carbocycles. The summed E-state index contributed by atoms with van der Waals surface area (Å²) in [5, 5.41) is 4.31. The van der Waals surface area contributed by atoms with Crippen LogP contribution in [0.4, 0.5) is 0 Å². The van der Waals surface area contributed by atoms with Crippen molar-refractivity contribution >= 4 is 24.0 Å². The quantitative estimate of drug-likeness (QED) is 0.507. The minimum absolute atomic E-state index is 0.365. The Bertz CT molecular complexity index is 820. The molecule has 0 aromatic heterocycles. The van der Waals surface area contributed by atoms with Gasteiger partial charge in [0.05, 0.1) is 8.07 Å². The molecule has 0 nitrogen and oxygen atoms in total. The maximum absolute atomic E-state index is 3.54. The van der Waals surface area contributed by atoms with Crippen LogP contribution in [-0.4, -0.2) is 8.07 Å². The monoisotopic (exact) mass is 317 g/mol. The van der Waals surface area contributed by atoms with Crippen LogP contribution in [0.1, 0.15) is 20.8 Å². The highest BCUT2D eigenvalue weighted by Gasteiger charge is 2.36. The van der Waals surface area contributed by atoms with Gasteiger partial charge in [0.15, 0.2) is 0 Å². The lowest BCUT2D eigenvalue weighted by molar-refractivity contribution is 0.729. The minimum Gasteiger partial charge on any atom is -0.0651 e. The summed E-state index contributed by atoms with van der Waals surface area (Å²) < 4.78 is 0. The normalized spacial score (nSPS) is 12.6. The van der Waals surface area contributed by atoms with E-state index < -0.39 is 8.07 Å². The SMILES string of the molecule is CC(C)(C)[Si](C)(C)c1ccc(-c2[c]c3ccccc3cc2)cc1. The fourth-order valence-electron chi connectivity index (χ4n) is 2.78. The maximum Gasteiger partial charge on any atom is 0.0859 e. The van der Waals surface area contributed by atoms with Gasteiger partial charge in [-0.05, 0) is 33.0 Å². The van der Waals surface area contributed by atoms with Gasteiger partial charge in [0.25, 0.3) is 0 Å². The molecule has 0 aliphatic rings. The molecule has 0 bridgehead atoms. The van der Waals surface area contributed by atoms with E-state index in [-0.39, 0.29) is 0 Å². The van der Waals surface area contributed by atoms with Gasteiger partial charge in [0.1, 0.15) is 0 Å². The van der Waals surface area contributed by atoms with Crippen LogP contribution in [0.15, 0.2) is 60.7 Å². The molecule has 0 aliphatic heterocycles. The van der Waals surface area contributed by atoms with Crippen molar-refractivity contribution in [1.82, 2.24) is 0 Å². The number of fused-ring (bicyclic) bond motifs is 1. The first-order chi connectivity index (χ1) is 10.8. The first-order valence-corrected chi connectivity index (χ1v) is 11.3. The van der Waals surface area contributed by atoms with Gasteiger partial charge in [0.2, 0.25) is 0 Å². The first-order valence-electron chi connectivity index (χ1n) is 8.31. The highest BCUT2D eigenvalue weighted by molar-refractivity contribution is 6.92. The van der Waals surface area contributed by atoms with Gasteiger partial charge in [-0.2, -0.15) is 0 Å². The average molecular weight is 318 g/mol. The number of hydrogen-bond acceptors (Lipinski definition) is 0. The molecule has 23 heavy (non-hydrogen) atoms. The Hall–Kier alpha value is -1.86. The van der Waals surface area contributed by atoms with Gasteiger partial charge in [-0.15, -0.1) is 0 Å². The van der Waals surface area contributed by atoms with Crippen LogP contribution in [0.2, 0.25) is 18.1 Å². The molecule has 1 heteroatoms. The number of hydrogen-bond donors (Lipinski definition) is 0. The Morgan fingerprint density at radius 3 is 2.09 bits per heavy atom. The molecule has 117 valence electrons. The van der Waals surface area contributed by atoms with Gasteiger partial charge in [-0.1, -0.05) is 99.7 Å². The van der Waals surface area contributed by atoms with E-state index in [0.29, 0.717) is 5.04 Å². The largest absolute Gasteiger partial charge is 0.0859 e. The van der Waals surface area contributed by atoms with E-state index in [0.717, 1.165) is 0 Å². The molecule has 3 aromatic rings. The van der Waals surface area contributed by atoms with Crippen LogP contribution in [0, 0.1) is 6.07 Å². The van der Waals surface area contributed by atoms with Crippen LogP contribution in [0.5, 0.6) is 0 Å². The maximum atomic E-state index is 3.54. The second-order valence-electron chi connectivity index (χ2n) is 7.91. The third-order valence-electron chi connectivity index (χ3n) is 5.45. The smallest absolute Gasteiger partial charge is 0.0651 e. The predicted molar refractivity (Wildman–Crippen MR) is 105 cm³/mol. The molecular formula is C22H25Si. The van der Waals surface area contributed by atoms with Crippen molar-refractivity contribution in [2.45, 2.75) is 38.9 Å². The zero-order chi connectivity index (χ0) is 16.7. The van der Waals surface area contributed by atoms with E-state index in [1.165, 1.54) is 27.1 Å². The van der Waals surface area contributed by atoms with E-state index in [1.807, 2.05) is 0 Å². The Balaban J connectivity index is 1.98. The molecule has 0 N–H and O–H groups in total. The lowest BCUT2D eigenvalue weighted by Crippen LogP contribution is -2.49. The summed E-state index contributed by atoms with van der Waals surface area (Å²) in [7, 11) is -1.46. The Morgan fingerprint density at radius 2 is 1.43 bits per heavy atom. The summed E-state index contributed by atoms with van der Waals surface area (Å²) in [4.78, 5) is 0. The van der Waals surface area contributed by atoms with Crippen LogP contribution in [-0.2, 0) is 0 Å². The van der Waals surface area contributed by atoms with Gasteiger partial charge in [-0.3, -0.25) is 0 Å². The second kappa shape index (κ2) is 5.65. The zero-order valence-corrected chi connectivity index (χ0v) is 15.8. The molecule has 0 spiro atoms. The highest BCUT2D eigenvalue weighted by atomic mass is 28.3. The summed E-state index contributed by atoms with van der Waals surface area (Å²) in [6.07, 6.45) is 0. The van der Waals surface area contributed by atoms with Crippen molar-refractivity contribution in [3.05, 3.63) is 66.7 Å². The van der Waals surface area contributed by atoms with Gasteiger partial charge >= 0.3 is 0 Å². The second-order valence-corrected chi connectivity index (χ2v) is 13.2. The standard InChI is InChI=1S/C22H25Si/c1-22(2,3)23(4,5)21-14-12-18(13-15-21)20-11-10-17-8-6-7-9-19(17)16-20/h6-15H,1-5H3. The molecule has 0 saturated heterocycles. The summed E-state index contributed by atoms with van der Waals surface area (Å²) in [6, 6.07) is 25.5. The third-order valence-corrected chi connectivity index (χ3v) is 11.0. The molecule has 0 fully saturated rings. The lowest BCUT2D eigenvalue weighted by atomic mass is 10.0. The number of benzene rings is 3. The van der Waals surface area contributed by atoms with Crippen molar-refractivity contribution in [2.75, 3.05) is 0 Å².